The van der Waals surface area contributed by atoms with Crippen LogP contribution in [0.1, 0.15) is 19.4 Å². The summed E-state index contributed by atoms with van der Waals surface area (Å²) in [5.74, 6) is -0.632. The maximum Gasteiger partial charge on any atom is 0.410 e. The zero-order valence-electron chi connectivity index (χ0n) is 17.9. The summed E-state index contributed by atoms with van der Waals surface area (Å²) in [6, 6.07) is 7.26. The van der Waals surface area contributed by atoms with Crippen LogP contribution in [-0.4, -0.2) is 50.4 Å². The van der Waals surface area contributed by atoms with E-state index in [-0.39, 0.29) is 35.6 Å². The fraction of sp³-hybridized carbons (Fsp3) is 0.409. The van der Waals surface area contributed by atoms with Gasteiger partial charge in [-0.2, -0.15) is 0 Å². The van der Waals surface area contributed by atoms with Crippen molar-refractivity contribution in [2.45, 2.75) is 32.5 Å². The van der Waals surface area contributed by atoms with E-state index in [2.05, 4.69) is 5.32 Å². The Hall–Kier alpha value is -2.58. The van der Waals surface area contributed by atoms with E-state index < -0.39 is 24.3 Å². The zero-order chi connectivity index (χ0) is 21.8. The van der Waals surface area contributed by atoms with Gasteiger partial charge < -0.3 is 24.4 Å². The fourth-order valence-corrected chi connectivity index (χ4v) is 3.66. The first-order valence-electron chi connectivity index (χ1n) is 9.72. The standard InChI is InChI=1S/C22H26F2N2O4.ClH/c1-13-10-25-11-14(2)26(13)22(27)30-12-17-18(23)7-6-16(21(17)24)15-5-8-19(28-3)20(9-15)29-4;/h5-9,13-14,25H,10-12H2,1-4H3;1H/t13-,14+;. The van der Waals surface area contributed by atoms with Crippen LogP contribution in [0.5, 0.6) is 11.5 Å². The third-order valence-electron chi connectivity index (χ3n) is 5.26. The third kappa shape index (κ3) is 5.19. The Morgan fingerprint density at radius 2 is 1.71 bits per heavy atom. The summed E-state index contributed by atoms with van der Waals surface area (Å²) in [6.07, 6.45) is -0.591. The van der Waals surface area contributed by atoms with Crippen LogP contribution in [-0.2, 0) is 11.3 Å². The van der Waals surface area contributed by atoms with Crippen LogP contribution < -0.4 is 14.8 Å². The first-order chi connectivity index (χ1) is 14.4. The number of rotatable bonds is 5. The molecule has 0 aliphatic carbocycles. The number of methoxy groups -OCH3 is 2. The van der Waals surface area contributed by atoms with Crippen LogP contribution >= 0.6 is 12.4 Å². The predicted octanol–water partition coefficient (Wildman–Crippen LogP) is 4.39. The zero-order valence-corrected chi connectivity index (χ0v) is 18.7. The van der Waals surface area contributed by atoms with Crippen LogP contribution in [0.2, 0.25) is 0 Å². The average molecular weight is 457 g/mol. The highest BCUT2D eigenvalue weighted by molar-refractivity contribution is 5.85. The molecule has 1 saturated heterocycles. The van der Waals surface area contributed by atoms with Gasteiger partial charge in [0.25, 0.3) is 0 Å². The number of halogens is 3. The van der Waals surface area contributed by atoms with Gasteiger partial charge in [-0.3, -0.25) is 0 Å². The molecule has 2 aromatic rings. The van der Waals surface area contributed by atoms with Crippen molar-refractivity contribution in [2.24, 2.45) is 0 Å². The number of hydrogen-bond donors (Lipinski definition) is 1. The first-order valence-corrected chi connectivity index (χ1v) is 9.72. The van der Waals surface area contributed by atoms with E-state index >= 15 is 4.39 Å². The summed E-state index contributed by atoms with van der Waals surface area (Å²) in [4.78, 5) is 14.1. The lowest BCUT2D eigenvalue weighted by Crippen LogP contribution is -2.57. The fourth-order valence-electron chi connectivity index (χ4n) is 3.66. The molecule has 0 radical (unpaired) electrons. The van der Waals surface area contributed by atoms with E-state index in [1.165, 1.54) is 20.3 Å². The summed E-state index contributed by atoms with van der Waals surface area (Å²) in [6.45, 7) is 4.56. The minimum absolute atomic E-state index is 0. The van der Waals surface area contributed by atoms with E-state index in [0.717, 1.165) is 6.07 Å². The Labute approximate surface area is 186 Å². The molecule has 1 aliphatic heterocycles. The van der Waals surface area contributed by atoms with Crippen molar-refractivity contribution in [1.82, 2.24) is 10.2 Å². The Morgan fingerprint density at radius 1 is 1.06 bits per heavy atom. The topological polar surface area (TPSA) is 60.0 Å². The number of nitrogens with zero attached hydrogens (tertiary/aromatic N) is 1. The number of hydrogen-bond acceptors (Lipinski definition) is 5. The molecule has 31 heavy (non-hydrogen) atoms. The van der Waals surface area contributed by atoms with Crippen LogP contribution in [0.15, 0.2) is 30.3 Å². The van der Waals surface area contributed by atoms with Crippen LogP contribution in [0.4, 0.5) is 13.6 Å². The quantitative estimate of drug-likeness (QED) is 0.723. The van der Waals surface area contributed by atoms with Crippen LogP contribution in [0, 0.1) is 11.6 Å². The molecule has 3 rings (SSSR count). The summed E-state index contributed by atoms with van der Waals surface area (Å²) in [7, 11) is 2.98. The monoisotopic (exact) mass is 456 g/mol. The smallest absolute Gasteiger partial charge is 0.410 e. The number of nitrogens with one attached hydrogen (secondary N) is 1. The molecule has 1 heterocycles. The van der Waals surface area contributed by atoms with Gasteiger partial charge in [0.1, 0.15) is 18.2 Å². The highest BCUT2D eigenvalue weighted by Gasteiger charge is 2.30. The number of carbonyl (C=O) groups is 1. The van der Waals surface area contributed by atoms with Gasteiger partial charge in [-0.1, -0.05) is 6.07 Å². The molecule has 2 aromatic carbocycles. The van der Waals surface area contributed by atoms with Gasteiger partial charge >= 0.3 is 6.09 Å². The molecule has 1 fully saturated rings. The number of benzene rings is 2. The molecule has 9 heteroatoms. The van der Waals surface area contributed by atoms with Crippen molar-refractivity contribution >= 4 is 18.5 Å². The first kappa shape index (κ1) is 24.7. The molecule has 170 valence electrons. The maximum atomic E-state index is 15.2. The van der Waals surface area contributed by atoms with Crippen molar-refractivity contribution in [3.63, 3.8) is 0 Å². The van der Waals surface area contributed by atoms with Crippen molar-refractivity contribution in [2.75, 3.05) is 27.3 Å². The molecule has 1 N–H and O–H groups in total. The Balaban J connectivity index is 0.00000341. The molecule has 0 unspecified atom stereocenters. The molecule has 0 saturated carbocycles. The molecule has 1 amide bonds. The molecular formula is C22H27ClF2N2O4. The second-order valence-electron chi connectivity index (χ2n) is 7.28. The minimum Gasteiger partial charge on any atom is -0.493 e. The summed E-state index contributed by atoms with van der Waals surface area (Å²) >= 11 is 0. The molecule has 2 atom stereocenters. The van der Waals surface area contributed by atoms with E-state index in [9.17, 15) is 9.18 Å². The highest BCUT2D eigenvalue weighted by Crippen LogP contribution is 2.34. The van der Waals surface area contributed by atoms with Gasteiger partial charge in [0.2, 0.25) is 0 Å². The second-order valence-corrected chi connectivity index (χ2v) is 7.28. The van der Waals surface area contributed by atoms with Crippen molar-refractivity contribution in [3.05, 3.63) is 47.5 Å². The van der Waals surface area contributed by atoms with E-state index in [1.54, 1.807) is 23.1 Å². The van der Waals surface area contributed by atoms with Gasteiger partial charge in [0.15, 0.2) is 11.5 Å². The van der Waals surface area contributed by atoms with E-state index in [1.807, 2.05) is 13.8 Å². The lowest BCUT2D eigenvalue weighted by atomic mass is 10.0. The van der Waals surface area contributed by atoms with Crippen LogP contribution in [0.25, 0.3) is 11.1 Å². The molecule has 0 bridgehead atoms. The van der Waals surface area contributed by atoms with Crippen molar-refractivity contribution < 1.29 is 27.8 Å². The molecule has 0 spiro atoms. The van der Waals surface area contributed by atoms with Gasteiger partial charge in [-0.15, -0.1) is 12.4 Å². The Bertz CT molecular complexity index is 919. The molecule has 0 aromatic heterocycles. The van der Waals surface area contributed by atoms with Gasteiger partial charge in [-0.25, -0.2) is 13.6 Å². The Morgan fingerprint density at radius 3 is 2.32 bits per heavy atom. The van der Waals surface area contributed by atoms with E-state index in [4.69, 9.17) is 14.2 Å². The number of ether oxygens (including phenoxy) is 3. The maximum absolute atomic E-state index is 15.2. The minimum atomic E-state index is -0.781. The van der Waals surface area contributed by atoms with Crippen LogP contribution in [0.3, 0.4) is 0 Å². The number of amides is 1. The van der Waals surface area contributed by atoms with Crippen molar-refractivity contribution in [3.8, 4) is 22.6 Å². The SMILES string of the molecule is COc1ccc(-c2ccc(F)c(COC(=O)N3[C@H](C)CNC[C@@H]3C)c2F)cc1OC.Cl. The lowest BCUT2D eigenvalue weighted by molar-refractivity contribution is 0.0552. The van der Waals surface area contributed by atoms with E-state index in [0.29, 0.717) is 30.2 Å². The largest absolute Gasteiger partial charge is 0.493 e. The lowest BCUT2D eigenvalue weighted by Gasteiger charge is -2.38. The van der Waals surface area contributed by atoms with Gasteiger partial charge in [-0.05, 0) is 43.7 Å². The molecule has 1 aliphatic rings. The summed E-state index contributed by atoms with van der Waals surface area (Å²) < 4.78 is 45.2. The Kier molecular flexibility index (Phi) is 8.47. The molecule has 6 nitrogen and oxygen atoms in total. The van der Waals surface area contributed by atoms with Gasteiger partial charge in [0.05, 0.1) is 19.8 Å². The number of carbonyl (C=O) groups excluding carboxylic acids is 1. The van der Waals surface area contributed by atoms with Gasteiger partial charge in [0, 0.05) is 30.7 Å². The normalized spacial score (nSPS) is 18.2. The average Bonchev–Trinajstić information content (AvgIpc) is 2.73. The number of piperazine rings is 1. The third-order valence-corrected chi connectivity index (χ3v) is 5.26. The molecular weight excluding hydrogens is 430 g/mol. The predicted molar refractivity (Wildman–Crippen MR) is 116 cm³/mol. The van der Waals surface area contributed by atoms with Crippen molar-refractivity contribution in [1.29, 1.82) is 0 Å². The second kappa shape index (κ2) is 10.6. The highest BCUT2D eigenvalue weighted by atomic mass is 35.5. The summed E-state index contributed by atoms with van der Waals surface area (Å²) in [5.41, 5.74) is 0.362. The summed E-state index contributed by atoms with van der Waals surface area (Å²) in [5, 5.41) is 3.22.